The lowest BCUT2D eigenvalue weighted by Crippen LogP contribution is -2.40. The molecule has 0 bridgehead atoms. The van der Waals surface area contributed by atoms with Gasteiger partial charge in [-0.3, -0.25) is 28.6 Å². The Bertz CT molecular complexity index is 1150. The Balaban J connectivity index is 1.38. The van der Waals surface area contributed by atoms with Gasteiger partial charge in [-0.05, 0) is 5.56 Å². The summed E-state index contributed by atoms with van der Waals surface area (Å²) in [5.41, 5.74) is 1.24. The summed E-state index contributed by atoms with van der Waals surface area (Å²) in [7, 11) is 0. The van der Waals surface area contributed by atoms with Crippen molar-refractivity contribution in [3.63, 3.8) is 0 Å². The average Bonchev–Trinajstić information content (AvgIpc) is 3.29. The predicted octanol–water partition coefficient (Wildman–Crippen LogP) is -0.0935. The molecule has 0 atom stereocenters. The van der Waals surface area contributed by atoms with Crippen LogP contribution < -0.4 is 10.9 Å². The molecule has 1 aromatic carbocycles. The minimum atomic E-state index is -0.423. The number of fused-ring (bicyclic) bond motifs is 1. The number of nitrogens with zero attached hydrogens (tertiary/aromatic N) is 5. The van der Waals surface area contributed by atoms with Gasteiger partial charge in [0.15, 0.2) is 5.65 Å². The zero-order chi connectivity index (χ0) is 21.1. The number of imide groups is 1. The van der Waals surface area contributed by atoms with Gasteiger partial charge in [0.2, 0.25) is 17.7 Å². The average molecular weight is 408 g/mol. The Hall–Kier alpha value is -3.82. The Labute approximate surface area is 171 Å². The maximum atomic E-state index is 12.7. The van der Waals surface area contributed by atoms with E-state index in [1.165, 1.54) is 21.8 Å². The lowest BCUT2D eigenvalue weighted by atomic mass is 10.2. The molecule has 0 radical (unpaired) electrons. The molecule has 1 saturated heterocycles. The molecular weight excluding hydrogens is 388 g/mol. The van der Waals surface area contributed by atoms with Crippen molar-refractivity contribution in [2.45, 2.75) is 25.9 Å². The van der Waals surface area contributed by atoms with Crippen molar-refractivity contribution in [2.24, 2.45) is 0 Å². The fourth-order valence-corrected chi connectivity index (χ4v) is 3.35. The summed E-state index contributed by atoms with van der Waals surface area (Å²) in [5.74, 6) is -1.08. The van der Waals surface area contributed by atoms with Crippen molar-refractivity contribution >= 4 is 28.8 Å². The minimum absolute atomic E-state index is 0.152. The van der Waals surface area contributed by atoms with Crippen LogP contribution in [0.4, 0.5) is 0 Å². The molecule has 0 aliphatic carbocycles. The largest absolute Gasteiger partial charge is 0.353 e. The van der Waals surface area contributed by atoms with E-state index in [4.69, 9.17) is 0 Å². The topological polar surface area (TPSA) is 119 Å². The first-order chi connectivity index (χ1) is 14.5. The number of aromatic nitrogens is 4. The van der Waals surface area contributed by atoms with Gasteiger partial charge >= 0.3 is 0 Å². The van der Waals surface area contributed by atoms with Gasteiger partial charge in [0.25, 0.3) is 5.56 Å². The van der Waals surface area contributed by atoms with Crippen LogP contribution in [-0.2, 0) is 27.5 Å². The molecule has 1 aliphatic heterocycles. The molecule has 0 saturated carbocycles. The number of carbonyl (C=O) groups is 3. The third-order valence-corrected chi connectivity index (χ3v) is 4.92. The van der Waals surface area contributed by atoms with Gasteiger partial charge in [0.05, 0.1) is 19.3 Å². The molecule has 4 rings (SSSR count). The van der Waals surface area contributed by atoms with Gasteiger partial charge in [-0.2, -0.15) is 5.10 Å². The SMILES string of the molecule is O=C(CN1C(=O)CCC1=O)NCCn1ncc2c(=O)n(Cc3ccccc3)cnc21. The van der Waals surface area contributed by atoms with E-state index < -0.39 is 5.91 Å². The first kappa shape index (κ1) is 19.5. The van der Waals surface area contributed by atoms with Crippen molar-refractivity contribution < 1.29 is 14.4 Å². The van der Waals surface area contributed by atoms with Crippen molar-refractivity contribution in [3.8, 4) is 0 Å². The van der Waals surface area contributed by atoms with E-state index in [1.807, 2.05) is 30.3 Å². The highest BCUT2D eigenvalue weighted by molar-refractivity contribution is 6.04. The summed E-state index contributed by atoms with van der Waals surface area (Å²) in [5, 5.41) is 7.25. The zero-order valence-corrected chi connectivity index (χ0v) is 16.2. The van der Waals surface area contributed by atoms with Gasteiger partial charge in [-0.1, -0.05) is 30.3 Å². The fraction of sp³-hybridized carbons (Fsp3) is 0.300. The normalized spacial score (nSPS) is 13.9. The van der Waals surface area contributed by atoms with Gasteiger partial charge in [-0.25, -0.2) is 9.67 Å². The lowest BCUT2D eigenvalue weighted by Gasteiger charge is -2.13. The Morgan fingerprint density at radius 2 is 1.80 bits per heavy atom. The highest BCUT2D eigenvalue weighted by Gasteiger charge is 2.30. The third-order valence-electron chi connectivity index (χ3n) is 4.92. The maximum Gasteiger partial charge on any atom is 0.264 e. The zero-order valence-electron chi connectivity index (χ0n) is 16.2. The van der Waals surface area contributed by atoms with Crippen LogP contribution in [0.1, 0.15) is 18.4 Å². The summed E-state index contributed by atoms with van der Waals surface area (Å²) >= 11 is 0. The molecule has 1 N–H and O–H groups in total. The molecule has 1 aliphatic rings. The Kier molecular flexibility index (Phi) is 5.38. The van der Waals surface area contributed by atoms with Gasteiger partial charge in [-0.15, -0.1) is 0 Å². The van der Waals surface area contributed by atoms with Crippen LogP contribution in [0.2, 0.25) is 0 Å². The Morgan fingerprint density at radius 3 is 2.53 bits per heavy atom. The number of hydrogen-bond acceptors (Lipinski definition) is 6. The quantitative estimate of drug-likeness (QED) is 0.546. The van der Waals surface area contributed by atoms with E-state index in [1.54, 1.807) is 0 Å². The van der Waals surface area contributed by atoms with Crippen molar-refractivity contribution in [2.75, 3.05) is 13.1 Å². The molecule has 10 heteroatoms. The molecule has 1 fully saturated rings. The summed E-state index contributed by atoms with van der Waals surface area (Å²) in [6, 6.07) is 9.61. The highest BCUT2D eigenvalue weighted by atomic mass is 16.2. The molecule has 30 heavy (non-hydrogen) atoms. The number of nitrogens with one attached hydrogen (secondary N) is 1. The van der Waals surface area contributed by atoms with Crippen LogP contribution >= 0.6 is 0 Å². The standard InChI is InChI=1S/C20H20N6O4/c27-16(12-25-17(28)6-7-18(25)29)21-8-9-26-19-15(10-23-26)20(30)24(13-22-19)11-14-4-2-1-3-5-14/h1-5,10,13H,6-9,11-12H2,(H,21,27). The van der Waals surface area contributed by atoms with Crippen molar-refractivity contribution in [3.05, 3.63) is 58.8 Å². The first-order valence-electron chi connectivity index (χ1n) is 9.57. The van der Waals surface area contributed by atoms with Crippen LogP contribution in [0, 0.1) is 0 Å². The fourth-order valence-electron chi connectivity index (χ4n) is 3.35. The number of hydrogen-bond donors (Lipinski definition) is 1. The minimum Gasteiger partial charge on any atom is -0.353 e. The van der Waals surface area contributed by atoms with E-state index in [2.05, 4.69) is 15.4 Å². The van der Waals surface area contributed by atoms with E-state index in [-0.39, 0.29) is 43.3 Å². The second kappa shape index (κ2) is 8.27. The smallest absolute Gasteiger partial charge is 0.264 e. The second-order valence-electron chi connectivity index (χ2n) is 6.99. The van der Waals surface area contributed by atoms with E-state index >= 15 is 0 Å². The molecule has 0 spiro atoms. The summed E-state index contributed by atoms with van der Waals surface area (Å²) in [6.45, 7) is 0.657. The molecule has 3 aromatic rings. The molecule has 3 amide bonds. The monoisotopic (exact) mass is 408 g/mol. The number of rotatable bonds is 7. The van der Waals surface area contributed by atoms with Crippen LogP contribution in [0.3, 0.4) is 0 Å². The Morgan fingerprint density at radius 1 is 1.07 bits per heavy atom. The van der Waals surface area contributed by atoms with E-state index in [0.29, 0.717) is 24.1 Å². The van der Waals surface area contributed by atoms with Crippen molar-refractivity contribution in [1.29, 1.82) is 0 Å². The van der Waals surface area contributed by atoms with Crippen LogP contribution in [0.25, 0.3) is 11.0 Å². The van der Waals surface area contributed by atoms with Gasteiger partial charge in [0.1, 0.15) is 18.3 Å². The van der Waals surface area contributed by atoms with E-state index in [0.717, 1.165) is 10.5 Å². The second-order valence-corrected chi connectivity index (χ2v) is 6.99. The maximum absolute atomic E-state index is 12.7. The molecule has 3 heterocycles. The summed E-state index contributed by atoms with van der Waals surface area (Å²) < 4.78 is 3.06. The van der Waals surface area contributed by atoms with Crippen LogP contribution in [0.15, 0.2) is 47.7 Å². The molecule has 10 nitrogen and oxygen atoms in total. The predicted molar refractivity (Wildman–Crippen MR) is 106 cm³/mol. The summed E-state index contributed by atoms with van der Waals surface area (Å²) in [6.07, 6.45) is 3.26. The summed E-state index contributed by atoms with van der Waals surface area (Å²) in [4.78, 5) is 53.2. The molecule has 0 unspecified atom stereocenters. The third kappa shape index (κ3) is 3.97. The number of amides is 3. The number of carbonyl (C=O) groups excluding carboxylic acids is 3. The van der Waals surface area contributed by atoms with Crippen LogP contribution in [0.5, 0.6) is 0 Å². The lowest BCUT2D eigenvalue weighted by molar-refractivity contribution is -0.142. The molecule has 2 aromatic heterocycles. The first-order valence-corrected chi connectivity index (χ1v) is 9.57. The number of benzene rings is 1. The van der Waals surface area contributed by atoms with Gasteiger partial charge in [0, 0.05) is 19.4 Å². The highest BCUT2D eigenvalue weighted by Crippen LogP contribution is 2.11. The number of likely N-dealkylation sites (tertiary alicyclic amines) is 1. The van der Waals surface area contributed by atoms with Crippen molar-refractivity contribution in [1.82, 2.24) is 29.5 Å². The van der Waals surface area contributed by atoms with Gasteiger partial charge < -0.3 is 5.32 Å². The molecular formula is C20H20N6O4. The van der Waals surface area contributed by atoms with E-state index in [9.17, 15) is 19.2 Å². The van der Waals surface area contributed by atoms with Crippen LogP contribution in [-0.4, -0.2) is 55.0 Å². The molecule has 154 valence electrons.